The fourth-order valence-corrected chi connectivity index (χ4v) is 2.67. The van der Waals surface area contributed by atoms with E-state index < -0.39 is 5.91 Å². The lowest BCUT2D eigenvalue weighted by Gasteiger charge is -2.16. The van der Waals surface area contributed by atoms with E-state index in [2.05, 4.69) is 5.32 Å². The van der Waals surface area contributed by atoms with Crippen molar-refractivity contribution >= 4 is 29.3 Å². The van der Waals surface area contributed by atoms with E-state index in [-0.39, 0.29) is 11.7 Å². The number of nitrogens with zero attached hydrogens (tertiary/aromatic N) is 1. The van der Waals surface area contributed by atoms with Gasteiger partial charge in [0, 0.05) is 11.3 Å². The van der Waals surface area contributed by atoms with Crippen molar-refractivity contribution < 1.29 is 19.0 Å². The van der Waals surface area contributed by atoms with Gasteiger partial charge in [-0.1, -0.05) is 23.7 Å². The van der Waals surface area contributed by atoms with Gasteiger partial charge in [-0.3, -0.25) is 4.79 Å². The topological polar surface area (TPSA) is 80.6 Å². The second kappa shape index (κ2) is 9.67. The number of halogens is 1. The van der Waals surface area contributed by atoms with Gasteiger partial charge >= 0.3 is 0 Å². The Bertz CT molecular complexity index is 932. The molecular weight excluding hydrogens is 380 g/mol. The van der Waals surface area contributed by atoms with Crippen LogP contribution in [0.4, 0.5) is 5.69 Å². The molecule has 1 amide bonds. The predicted molar refractivity (Wildman–Crippen MR) is 109 cm³/mol. The van der Waals surface area contributed by atoms with Crippen LogP contribution in [0, 0.1) is 11.3 Å². The fourth-order valence-electron chi connectivity index (χ4n) is 2.42. The first-order valence-corrected chi connectivity index (χ1v) is 8.87. The molecule has 0 saturated carbocycles. The minimum absolute atomic E-state index is 0.0891. The molecule has 0 radical (unpaired) electrons. The van der Waals surface area contributed by atoms with E-state index in [0.717, 1.165) is 0 Å². The molecule has 0 atom stereocenters. The summed E-state index contributed by atoms with van der Waals surface area (Å²) in [6.07, 6.45) is 1.35. The molecule has 146 valence electrons. The summed E-state index contributed by atoms with van der Waals surface area (Å²) in [4.78, 5) is 12.6. The summed E-state index contributed by atoms with van der Waals surface area (Å²) in [5.41, 5.74) is 0.919. The van der Waals surface area contributed by atoms with Crippen molar-refractivity contribution in [3.05, 3.63) is 52.6 Å². The minimum Gasteiger partial charge on any atom is -0.495 e. The maximum Gasteiger partial charge on any atom is 0.266 e. The van der Waals surface area contributed by atoms with Gasteiger partial charge in [0.2, 0.25) is 0 Å². The third kappa shape index (κ3) is 5.18. The molecule has 7 heteroatoms. The van der Waals surface area contributed by atoms with E-state index in [9.17, 15) is 10.1 Å². The van der Waals surface area contributed by atoms with Gasteiger partial charge in [-0.15, -0.1) is 0 Å². The van der Waals surface area contributed by atoms with Crippen molar-refractivity contribution in [3.63, 3.8) is 0 Å². The Balaban J connectivity index is 2.34. The van der Waals surface area contributed by atoms with Crippen LogP contribution in [-0.2, 0) is 4.79 Å². The van der Waals surface area contributed by atoms with Gasteiger partial charge in [0.05, 0.1) is 25.3 Å². The summed E-state index contributed by atoms with van der Waals surface area (Å²) in [7, 11) is 3.03. The maximum atomic E-state index is 12.6. The number of amides is 1. The molecule has 0 unspecified atom stereocenters. The molecule has 2 rings (SSSR count). The van der Waals surface area contributed by atoms with Gasteiger partial charge in [0.1, 0.15) is 17.4 Å². The number of para-hydroxylation sites is 1. The Hall–Kier alpha value is -3.17. The fraction of sp³-hybridized carbons (Fsp3) is 0.238. The van der Waals surface area contributed by atoms with Crippen LogP contribution < -0.4 is 19.5 Å². The molecule has 0 aliphatic rings. The van der Waals surface area contributed by atoms with Crippen molar-refractivity contribution in [1.29, 1.82) is 5.26 Å². The third-order valence-corrected chi connectivity index (χ3v) is 3.95. The maximum absolute atomic E-state index is 12.6. The first-order valence-electron chi connectivity index (χ1n) is 8.50. The number of nitriles is 1. The van der Waals surface area contributed by atoms with Crippen molar-refractivity contribution in [1.82, 2.24) is 0 Å². The second-order valence-electron chi connectivity index (χ2n) is 6.02. The molecule has 0 aliphatic heterocycles. The molecule has 0 aliphatic carbocycles. The molecule has 0 heterocycles. The highest BCUT2D eigenvalue weighted by Crippen LogP contribution is 2.33. The van der Waals surface area contributed by atoms with Crippen molar-refractivity contribution in [2.45, 2.75) is 20.0 Å². The summed E-state index contributed by atoms with van der Waals surface area (Å²) in [5.74, 6) is 0.903. The quantitative estimate of drug-likeness (QED) is 0.538. The third-order valence-electron chi connectivity index (χ3n) is 3.66. The first kappa shape index (κ1) is 21.1. The molecule has 2 aromatic carbocycles. The molecule has 28 heavy (non-hydrogen) atoms. The molecule has 2 aromatic rings. The molecule has 0 bridgehead atoms. The lowest BCUT2D eigenvalue weighted by atomic mass is 10.1. The van der Waals surface area contributed by atoms with Gasteiger partial charge in [0.25, 0.3) is 5.91 Å². The van der Waals surface area contributed by atoms with Gasteiger partial charge in [0.15, 0.2) is 11.5 Å². The van der Waals surface area contributed by atoms with E-state index in [4.69, 9.17) is 25.8 Å². The van der Waals surface area contributed by atoms with Gasteiger partial charge in [-0.25, -0.2) is 0 Å². The van der Waals surface area contributed by atoms with Crippen molar-refractivity contribution in [3.8, 4) is 23.3 Å². The molecule has 0 spiro atoms. The lowest BCUT2D eigenvalue weighted by molar-refractivity contribution is -0.112. The standard InChI is InChI=1S/C21H21ClN2O4/c1-13(2)28-20-14(6-5-7-19(20)27-4)10-15(12-23)21(25)24-16-8-9-18(26-3)17(22)11-16/h5-11,13H,1-4H3,(H,24,25)/b15-10+. The number of nitrogens with one attached hydrogen (secondary N) is 1. The zero-order valence-corrected chi connectivity index (χ0v) is 16.8. The van der Waals surface area contributed by atoms with Crippen LogP contribution in [0.3, 0.4) is 0 Å². The lowest BCUT2D eigenvalue weighted by Crippen LogP contribution is -2.14. The van der Waals surface area contributed by atoms with E-state index >= 15 is 0 Å². The smallest absolute Gasteiger partial charge is 0.266 e. The number of carbonyl (C=O) groups is 1. The zero-order valence-electron chi connectivity index (χ0n) is 16.1. The average Bonchev–Trinajstić information content (AvgIpc) is 2.66. The van der Waals surface area contributed by atoms with Crippen molar-refractivity contribution in [2.24, 2.45) is 0 Å². The number of ether oxygens (including phenoxy) is 3. The van der Waals surface area contributed by atoms with E-state index in [1.807, 2.05) is 19.9 Å². The molecule has 0 saturated heterocycles. The number of anilines is 1. The zero-order chi connectivity index (χ0) is 20.7. The largest absolute Gasteiger partial charge is 0.495 e. The van der Waals surface area contributed by atoms with Gasteiger partial charge in [-0.2, -0.15) is 5.26 Å². The summed E-state index contributed by atoms with van der Waals surface area (Å²) >= 11 is 6.07. The average molecular weight is 401 g/mol. The first-order chi connectivity index (χ1) is 13.4. The molecular formula is C21H21ClN2O4. The predicted octanol–water partition coefficient (Wildman–Crippen LogP) is 4.69. The van der Waals surface area contributed by atoms with E-state index in [0.29, 0.717) is 33.5 Å². The summed E-state index contributed by atoms with van der Waals surface area (Å²) in [6, 6.07) is 12.0. The van der Waals surface area contributed by atoms with Crippen LogP contribution in [0.25, 0.3) is 6.08 Å². The van der Waals surface area contributed by atoms with Gasteiger partial charge in [-0.05, 0) is 44.2 Å². The Morgan fingerprint density at radius 2 is 1.89 bits per heavy atom. The Kier molecular flexibility index (Phi) is 7.30. The van der Waals surface area contributed by atoms with Crippen LogP contribution in [0.2, 0.25) is 5.02 Å². The molecule has 0 aromatic heterocycles. The number of rotatable bonds is 7. The molecule has 0 fully saturated rings. The van der Waals surface area contributed by atoms with E-state index in [1.165, 1.54) is 20.3 Å². The SMILES string of the molecule is COc1ccc(NC(=O)/C(C#N)=C/c2cccc(OC)c2OC(C)C)cc1Cl. The Labute approximate surface area is 169 Å². The number of carbonyl (C=O) groups excluding carboxylic acids is 1. The van der Waals surface area contributed by atoms with Gasteiger partial charge < -0.3 is 19.5 Å². The monoisotopic (exact) mass is 400 g/mol. The normalized spacial score (nSPS) is 11.0. The molecule has 1 N–H and O–H groups in total. The van der Waals surface area contributed by atoms with Crippen LogP contribution >= 0.6 is 11.6 Å². The summed E-state index contributed by atoms with van der Waals surface area (Å²) in [6.45, 7) is 3.76. The number of methoxy groups -OCH3 is 2. The highest BCUT2D eigenvalue weighted by molar-refractivity contribution is 6.32. The minimum atomic E-state index is -0.568. The van der Waals surface area contributed by atoms with E-state index in [1.54, 1.807) is 36.4 Å². The highest BCUT2D eigenvalue weighted by atomic mass is 35.5. The number of benzene rings is 2. The second-order valence-corrected chi connectivity index (χ2v) is 6.43. The summed E-state index contributed by atoms with van der Waals surface area (Å²) < 4.78 is 16.2. The number of hydrogen-bond acceptors (Lipinski definition) is 5. The van der Waals surface area contributed by atoms with Crippen molar-refractivity contribution in [2.75, 3.05) is 19.5 Å². The summed E-state index contributed by atoms with van der Waals surface area (Å²) in [5, 5.41) is 12.5. The van der Waals surface area contributed by atoms with Crippen LogP contribution in [-0.4, -0.2) is 26.2 Å². The molecule has 6 nitrogen and oxygen atoms in total. The van der Waals surface area contributed by atoms with Crippen LogP contribution in [0.15, 0.2) is 42.0 Å². The highest BCUT2D eigenvalue weighted by Gasteiger charge is 2.15. The Morgan fingerprint density at radius 1 is 1.18 bits per heavy atom. The Morgan fingerprint density at radius 3 is 2.46 bits per heavy atom. The van der Waals surface area contributed by atoms with Crippen LogP contribution in [0.5, 0.6) is 17.2 Å². The van der Waals surface area contributed by atoms with Crippen LogP contribution in [0.1, 0.15) is 19.4 Å². The number of hydrogen-bond donors (Lipinski definition) is 1.